The standard InChI is InChI=1S/C14H11NO2.C2H7N/c16-14(17)12-6-8-13(9-7-12)15-10-11-4-2-1-3-5-11;1-3-2/h1-10H,(H,16,17);3H,1-2H3. The van der Waals surface area contributed by atoms with Crippen molar-refractivity contribution in [2.24, 2.45) is 4.99 Å². The Bertz CT molecular complexity index is 548. The molecule has 4 nitrogen and oxygen atoms in total. The molecule has 0 aliphatic rings. The van der Waals surface area contributed by atoms with Crippen molar-refractivity contribution < 1.29 is 9.90 Å². The second-order valence-electron chi connectivity index (χ2n) is 4.02. The van der Waals surface area contributed by atoms with Crippen LogP contribution in [0.25, 0.3) is 0 Å². The molecule has 0 radical (unpaired) electrons. The fraction of sp³-hybridized carbons (Fsp3) is 0.125. The highest BCUT2D eigenvalue weighted by atomic mass is 16.4. The van der Waals surface area contributed by atoms with E-state index in [1.165, 1.54) is 0 Å². The first-order chi connectivity index (χ1) is 9.67. The van der Waals surface area contributed by atoms with Gasteiger partial charge in [-0.05, 0) is 43.9 Å². The van der Waals surface area contributed by atoms with Crippen LogP contribution in [-0.2, 0) is 0 Å². The summed E-state index contributed by atoms with van der Waals surface area (Å²) in [7, 11) is 3.75. The van der Waals surface area contributed by atoms with E-state index in [0.29, 0.717) is 0 Å². The molecule has 4 heteroatoms. The van der Waals surface area contributed by atoms with Crippen LogP contribution >= 0.6 is 0 Å². The maximum absolute atomic E-state index is 10.7. The van der Waals surface area contributed by atoms with E-state index < -0.39 is 5.97 Å². The average molecular weight is 270 g/mol. The number of carboxylic acids is 1. The van der Waals surface area contributed by atoms with E-state index in [4.69, 9.17) is 5.11 Å². The number of benzene rings is 2. The van der Waals surface area contributed by atoms with Crippen molar-refractivity contribution >= 4 is 17.9 Å². The summed E-state index contributed by atoms with van der Waals surface area (Å²) in [6.45, 7) is 0. The summed E-state index contributed by atoms with van der Waals surface area (Å²) in [6.07, 6.45) is 1.75. The molecule has 0 spiro atoms. The Kier molecular flexibility index (Phi) is 6.71. The molecule has 2 N–H and O–H groups in total. The fourth-order valence-electron chi connectivity index (χ4n) is 1.38. The molecule has 0 saturated heterocycles. The lowest BCUT2D eigenvalue weighted by atomic mass is 10.2. The van der Waals surface area contributed by atoms with Crippen LogP contribution in [0.5, 0.6) is 0 Å². The number of aromatic carboxylic acids is 1. The van der Waals surface area contributed by atoms with E-state index in [9.17, 15) is 4.79 Å². The van der Waals surface area contributed by atoms with Crippen LogP contribution in [0, 0.1) is 0 Å². The molecule has 0 aromatic heterocycles. The molecule has 0 amide bonds. The number of aliphatic imine (C=N–C) groups is 1. The third-order valence-electron chi connectivity index (χ3n) is 2.28. The average Bonchev–Trinajstić information content (AvgIpc) is 2.47. The molecule has 0 heterocycles. The van der Waals surface area contributed by atoms with E-state index >= 15 is 0 Å². The van der Waals surface area contributed by atoms with Crippen LogP contribution in [0.3, 0.4) is 0 Å². The highest BCUT2D eigenvalue weighted by molar-refractivity contribution is 5.88. The zero-order chi connectivity index (χ0) is 14.8. The second kappa shape index (κ2) is 8.61. The van der Waals surface area contributed by atoms with Crippen molar-refractivity contribution in [3.8, 4) is 0 Å². The largest absolute Gasteiger partial charge is 0.478 e. The molecule has 20 heavy (non-hydrogen) atoms. The molecule has 0 saturated carbocycles. The maximum Gasteiger partial charge on any atom is 0.335 e. The lowest BCUT2D eigenvalue weighted by Gasteiger charge is -1.96. The van der Waals surface area contributed by atoms with E-state index in [-0.39, 0.29) is 5.56 Å². The molecular formula is C16H18N2O2. The van der Waals surface area contributed by atoms with E-state index in [1.807, 2.05) is 44.4 Å². The fourth-order valence-corrected chi connectivity index (χ4v) is 1.38. The molecule has 0 atom stereocenters. The lowest BCUT2D eigenvalue weighted by molar-refractivity contribution is 0.0697. The molecule has 104 valence electrons. The molecule has 2 aromatic carbocycles. The molecule has 2 rings (SSSR count). The number of carbonyl (C=O) groups is 1. The van der Waals surface area contributed by atoms with Gasteiger partial charge in [-0.25, -0.2) is 4.79 Å². The van der Waals surface area contributed by atoms with Crippen molar-refractivity contribution in [2.45, 2.75) is 0 Å². The summed E-state index contributed by atoms with van der Waals surface area (Å²) < 4.78 is 0. The van der Waals surface area contributed by atoms with Crippen molar-refractivity contribution in [1.29, 1.82) is 0 Å². The van der Waals surface area contributed by atoms with Crippen molar-refractivity contribution in [3.63, 3.8) is 0 Å². The number of nitrogens with one attached hydrogen (secondary N) is 1. The van der Waals surface area contributed by atoms with Gasteiger partial charge in [0.05, 0.1) is 11.3 Å². The Labute approximate surface area is 118 Å². The monoisotopic (exact) mass is 270 g/mol. The van der Waals surface area contributed by atoms with Gasteiger partial charge in [0, 0.05) is 6.21 Å². The van der Waals surface area contributed by atoms with Gasteiger partial charge in [0.25, 0.3) is 0 Å². The van der Waals surface area contributed by atoms with Gasteiger partial charge < -0.3 is 10.4 Å². The molecule has 0 bridgehead atoms. The predicted molar refractivity (Wildman–Crippen MR) is 82.1 cm³/mol. The molecule has 2 aromatic rings. The third-order valence-corrected chi connectivity index (χ3v) is 2.28. The summed E-state index contributed by atoms with van der Waals surface area (Å²) in [5.41, 5.74) is 2.01. The Morgan fingerprint density at radius 1 is 1.05 bits per heavy atom. The lowest BCUT2D eigenvalue weighted by Crippen LogP contribution is -1.94. The van der Waals surface area contributed by atoms with Gasteiger partial charge in [0.1, 0.15) is 0 Å². The van der Waals surface area contributed by atoms with Crippen LogP contribution in [-0.4, -0.2) is 31.4 Å². The zero-order valence-corrected chi connectivity index (χ0v) is 11.6. The normalized spacial score (nSPS) is 9.90. The first-order valence-corrected chi connectivity index (χ1v) is 6.18. The molecule has 0 aliphatic heterocycles. The van der Waals surface area contributed by atoms with Gasteiger partial charge in [-0.1, -0.05) is 30.3 Å². The summed E-state index contributed by atoms with van der Waals surface area (Å²) in [5.74, 6) is -0.927. The Morgan fingerprint density at radius 2 is 1.60 bits per heavy atom. The summed E-state index contributed by atoms with van der Waals surface area (Å²) in [5, 5.41) is 11.5. The number of nitrogens with zero attached hydrogens (tertiary/aromatic N) is 1. The minimum atomic E-state index is -0.927. The van der Waals surface area contributed by atoms with Gasteiger partial charge in [-0.2, -0.15) is 0 Å². The Balaban J connectivity index is 0.000000612. The van der Waals surface area contributed by atoms with Gasteiger partial charge >= 0.3 is 5.97 Å². The van der Waals surface area contributed by atoms with Crippen LogP contribution in [0.4, 0.5) is 5.69 Å². The second-order valence-corrected chi connectivity index (χ2v) is 4.02. The van der Waals surface area contributed by atoms with Crippen LogP contribution in [0.2, 0.25) is 0 Å². The number of hydrogen-bond acceptors (Lipinski definition) is 3. The van der Waals surface area contributed by atoms with Gasteiger partial charge in [0.15, 0.2) is 0 Å². The summed E-state index contributed by atoms with van der Waals surface area (Å²) in [4.78, 5) is 14.9. The van der Waals surface area contributed by atoms with Crippen LogP contribution in [0.15, 0.2) is 59.6 Å². The van der Waals surface area contributed by atoms with Crippen molar-refractivity contribution in [3.05, 3.63) is 65.7 Å². The highest BCUT2D eigenvalue weighted by Crippen LogP contribution is 2.13. The molecule has 0 fully saturated rings. The topological polar surface area (TPSA) is 61.7 Å². The van der Waals surface area contributed by atoms with E-state index in [0.717, 1.165) is 11.3 Å². The smallest absolute Gasteiger partial charge is 0.335 e. The number of carboxylic acid groups (broad SMARTS) is 1. The van der Waals surface area contributed by atoms with E-state index in [1.54, 1.807) is 30.5 Å². The van der Waals surface area contributed by atoms with Gasteiger partial charge in [-0.15, -0.1) is 0 Å². The van der Waals surface area contributed by atoms with E-state index in [2.05, 4.69) is 10.3 Å². The van der Waals surface area contributed by atoms with Crippen LogP contribution < -0.4 is 5.32 Å². The third kappa shape index (κ3) is 5.46. The number of rotatable bonds is 3. The first-order valence-electron chi connectivity index (χ1n) is 6.18. The summed E-state index contributed by atoms with van der Waals surface area (Å²) in [6, 6.07) is 16.2. The number of hydrogen-bond donors (Lipinski definition) is 2. The first kappa shape index (κ1) is 15.6. The zero-order valence-electron chi connectivity index (χ0n) is 11.6. The maximum atomic E-state index is 10.7. The minimum Gasteiger partial charge on any atom is -0.478 e. The molecule has 0 unspecified atom stereocenters. The predicted octanol–water partition coefficient (Wildman–Crippen LogP) is 2.97. The SMILES string of the molecule is CNC.O=C(O)c1ccc(N=Cc2ccccc2)cc1. The van der Waals surface area contributed by atoms with Crippen molar-refractivity contribution in [1.82, 2.24) is 5.32 Å². The Hall–Kier alpha value is -2.46. The quantitative estimate of drug-likeness (QED) is 0.843. The molecular weight excluding hydrogens is 252 g/mol. The van der Waals surface area contributed by atoms with Gasteiger partial charge in [-0.3, -0.25) is 4.99 Å². The van der Waals surface area contributed by atoms with Crippen LogP contribution in [0.1, 0.15) is 15.9 Å². The Morgan fingerprint density at radius 3 is 2.10 bits per heavy atom. The highest BCUT2D eigenvalue weighted by Gasteiger charge is 2.00. The molecule has 0 aliphatic carbocycles. The van der Waals surface area contributed by atoms with Crippen molar-refractivity contribution in [2.75, 3.05) is 14.1 Å². The summed E-state index contributed by atoms with van der Waals surface area (Å²) >= 11 is 0. The van der Waals surface area contributed by atoms with Gasteiger partial charge in [0.2, 0.25) is 0 Å². The minimum absolute atomic E-state index is 0.267.